The quantitative estimate of drug-likeness (QED) is 0.330. The number of likely N-dealkylation sites (N-methyl/N-ethyl adjacent to an activating group) is 1. The summed E-state index contributed by atoms with van der Waals surface area (Å²) < 4.78 is 28.5. The van der Waals surface area contributed by atoms with Crippen molar-refractivity contribution in [2.45, 2.75) is 25.4 Å². The molecule has 9 heteroatoms. The van der Waals surface area contributed by atoms with Crippen LogP contribution in [-0.2, 0) is 9.84 Å². The van der Waals surface area contributed by atoms with Crippen molar-refractivity contribution in [2.75, 3.05) is 45.8 Å². The van der Waals surface area contributed by atoms with Gasteiger partial charge in [-0.25, -0.2) is 8.42 Å². The molecule has 27 heavy (non-hydrogen) atoms. The molecular weight excluding hydrogens is 479 g/mol. The Hall–Kier alpha value is -1.07. The molecule has 0 saturated carbocycles. The highest BCUT2D eigenvalue weighted by atomic mass is 127. The molecule has 2 atom stereocenters. The van der Waals surface area contributed by atoms with Crippen LogP contribution in [0.3, 0.4) is 0 Å². The fourth-order valence-corrected chi connectivity index (χ4v) is 4.67. The fourth-order valence-electron chi connectivity index (χ4n) is 2.99. The summed E-state index contributed by atoms with van der Waals surface area (Å²) >= 11 is 0. The van der Waals surface area contributed by atoms with Crippen molar-refractivity contribution in [1.82, 2.24) is 15.5 Å². The smallest absolute Gasteiger partial charge is 0.191 e. The van der Waals surface area contributed by atoms with E-state index < -0.39 is 9.84 Å². The van der Waals surface area contributed by atoms with Gasteiger partial charge in [-0.15, -0.1) is 24.0 Å². The fraction of sp³-hybridized carbons (Fsp3) is 0.611. The Labute approximate surface area is 179 Å². The van der Waals surface area contributed by atoms with E-state index in [9.17, 15) is 8.42 Å². The number of sulfone groups is 1. The molecule has 154 valence electrons. The third-order valence-corrected chi connectivity index (χ3v) is 6.23. The van der Waals surface area contributed by atoms with E-state index in [2.05, 4.69) is 15.5 Å². The second kappa shape index (κ2) is 11.1. The van der Waals surface area contributed by atoms with Gasteiger partial charge in [-0.05, 0) is 45.1 Å². The number of aliphatic imine (C=N–C) groups is 1. The van der Waals surface area contributed by atoms with Crippen molar-refractivity contribution < 1.29 is 13.2 Å². The van der Waals surface area contributed by atoms with Crippen LogP contribution in [0, 0.1) is 0 Å². The van der Waals surface area contributed by atoms with Gasteiger partial charge in [0.05, 0.1) is 31.2 Å². The Morgan fingerprint density at radius 2 is 2.00 bits per heavy atom. The third-order valence-electron chi connectivity index (χ3n) is 4.46. The van der Waals surface area contributed by atoms with E-state index in [1.165, 1.54) is 0 Å². The number of methoxy groups -OCH3 is 1. The molecule has 7 nitrogen and oxygen atoms in total. The lowest BCUT2D eigenvalue weighted by atomic mass is 10.1. The predicted molar refractivity (Wildman–Crippen MR) is 121 cm³/mol. The first-order valence-corrected chi connectivity index (χ1v) is 10.7. The molecule has 1 aromatic carbocycles. The van der Waals surface area contributed by atoms with E-state index in [-0.39, 0.29) is 47.6 Å². The molecule has 1 heterocycles. The Morgan fingerprint density at radius 3 is 2.48 bits per heavy atom. The molecule has 0 aromatic heterocycles. The molecule has 1 aromatic rings. The van der Waals surface area contributed by atoms with Gasteiger partial charge in [-0.3, -0.25) is 4.99 Å². The maximum Gasteiger partial charge on any atom is 0.191 e. The number of halogens is 1. The van der Waals surface area contributed by atoms with Gasteiger partial charge in [0.1, 0.15) is 5.75 Å². The molecule has 0 amide bonds. The molecule has 2 unspecified atom stereocenters. The average Bonchev–Trinajstić information content (AvgIpc) is 2.94. The maximum atomic E-state index is 11.7. The van der Waals surface area contributed by atoms with Crippen molar-refractivity contribution in [3.63, 3.8) is 0 Å². The van der Waals surface area contributed by atoms with Crippen molar-refractivity contribution in [2.24, 2.45) is 4.99 Å². The zero-order valence-corrected chi connectivity index (χ0v) is 19.6. The zero-order valence-electron chi connectivity index (χ0n) is 16.4. The molecular formula is C18H31IN4O3S. The van der Waals surface area contributed by atoms with Gasteiger partial charge < -0.3 is 20.3 Å². The molecule has 1 saturated heterocycles. The highest BCUT2D eigenvalue weighted by molar-refractivity contribution is 14.0. The predicted octanol–water partition coefficient (Wildman–Crippen LogP) is 1.66. The molecule has 0 radical (unpaired) electrons. The van der Waals surface area contributed by atoms with Crippen molar-refractivity contribution >= 4 is 39.8 Å². The number of nitrogens with one attached hydrogen (secondary N) is 2. The van der Waals surface area contributed by atoms with Gasteiger partial charge in [-0.2, -0.15) is 0 Å². The Morgan fingerprint density at radius 1 is 1.33 bits per heavy atom. The molecule has 0 aliphatic carbocycles. The molecule has 1 fully saturated rings. The van der Waals surface area contributed by atoms with E-state index in [0.717, 1.165) is 17.9 Å². The number of nitrogens with zero attached hydrogens (tertiary/aromatic N) is 2. The molecule has 0 spiro atoms. The summed E-state index contributed by atoms with van der Waals surface area (Å²) in [7, 11) is 2.78. The third kappa shape index (κ3) is 7.46. The van der Waals surface area contributed by atoms with Gasteiger partial charge in [0.15, 0.2) is 15.8 Å². The molecule has 2 N–H and O–H groups in total. The van der Waals surface area contributed by atoms with Gasteiger partial charge in [0.25, 0.3) is 0 Å². The normalized spacial score (nSPS) is 20.0. The number of benzene rings is 1. The Kier molecular flexibility index (Phi) is 9.82. The second-order valence-electron chi connectivity index (χ2n) is 6.72. The average molecular weight is 510 g/mol. The Balaban J connectivity index is 0.00000364. The first kappa shape index (κ1) is 24.0. The Bertz CT molecular complexity index is 708. The lowest BCUT2D eigenvalue weighted by Gasteiger charge is -2.24. The van der Waals surface area contributed by atoms with Crippen LogP contribution < -0.4 is 15.4 Å². The first-order chi connectivity index (χ1) is 12.3. The van der Waals surface area contributed by atoms with E-state index in [1.807, 2.05) is 45.3 Å². The summed E-state index contributed by atoms with van der Waals surface area (Å²) in [5, 5.41) is 6.46. The summed E-state index contributed by atoms with van der Waals surface area (Å²) in [6.07, 6.45) is 0.627. The summed E-state index contributed by atoms with van der Waals surface area (Å²) in [6.45, 7) is 3.28. The van der Waals surface area contributed by atoms with Crippen molar-refractivity contribution in [1.29, 1.82) is 0 Å². The number of hydrogen-bond acceptors (Lipinski definition) is 5. The largest absolute Gasteiger partial charge is 0.497 e. The van der Waals surface area contributed by atoms with Crippen LogP contribution in [-0.4, -0.2) is 71.1 Å². The second-order valence-corrected chi connectivity index (χ2v) is 8.95. The summed E-state index contributed by atoms with van der Waals surface area (Å²) in [4.78, 5) is 6.81. The van der Waals surface area contributed by atoms with Gasteiger partial charge >= 0.3 is 0 Å². The standard InChI is InChI=1S/C18H30N4O3S.HI/c1-5-19-18(21-15-10-11-26(23,24)13-15)20-12-17(22(2)3)14-6-8-16(25-4)9-7-14;/h6-9,15,17H,5,10-13H2,1-4H3,(H2,19,20,21);1H. The van der Waals surface area contributed by atoms with Crippen LogP contribution in [0.5, 0.6) is 5.75 Å². The highest BCUT2D eigenvalue weighted by Crippen LogP contribution is 2.21. The lowest BCUT2D eigenvalue weighted by Crippen LogP contribution is -2.44. The molecule has 1 aliphatic rings. The van der Waals surface area contributed by atoms with E-state index >= 15 is 0 Å². The number of hydrogen-bond donors (Lipinski definition) is 2. The topological polar surface area (TPSA) is 83.0 Å². The number of ether oxygens (including phenoxy) is 1. The SMILES string of the molecule is CCNC(=NCC(c1ccc(OC)cc1)N(C)C)NC1CCS(=O)(=O)C1.I. The van der Waals surface area contributed by atoms with Crippen LogP contribution in [0.2, 0.25) is 0 Å². The van der Waals surface area contributed by atoms with Crippen LogP contribution >= 0.6 is 24.0 Å². The molecule has 1 aliphatic heterocycles. The van der Waals surface area contributed by atoms with Crippen molar-refractivity contribution in [3.05, 3.63) is 29.8 Å². The lowest BCUT2D eigenvalue weighted by molar-refractivity contribution is 0.306. The van der Waals surface area contributed by atoms with E-state index in [0.29, 0.717) is 18.9 Å². The maximum absolute atomic E-state index is 11.7. The summed E-state index contributed by atoms with van der Waals surface area (Å²) in [5.41, 5.74) is 1.15. The highest BCUT2D eigenvalue weighted by Gasteiger charge is 2.28. The van der Waals surface area contributed by atoms with Crippen LogP contribution in [0.4, 0.5) is 0 Å². The first-order valence-electron chi connectivity index (χ1n) is 8.90. The van der Waals surface area contributed by atoms with Crippen LogP contribution in [0.15, 0.2) is 29.3 Å². The van der Waals surface area contributed by atoms with Crippen molar-refractivity contribution in [3.8, 4) is 5.75 Å². The van der Waals surface area contributed by atoms with E-state index in [1.54, 1.807) is 7.11 Å². The molecule has 2 rings (SSSR count). The number of rotatable bonds is 7. The number of guanidine groups is 1. The van der Waals surface area contributed by atoms with Gasteiger partial charge in [0, 0.05) is 12.6 Å². The zero-order chi connectivity index (χ0) is 19.2. The van der Waals surface area contributed by atoms with E-state index in [4.69, 9.17) is 9.73 Å². The summed E-state index contributed by atoms with van der Waals surface area (Å²) in [6, 6.07) is 8.02. The minimum absolute atomic E-state index is 0. The van der Waals surface area contributed by atoms with Gasteiger partial charge in [0.2, 0.25) is 0 Å². The van der Waals surface area contributed by atoms with Gasteiger partial charge in [-0.1, -0.05) is 12.1 Å². The minimum Gasteiger partial charge on any atom is -0.497 e. The monoisotopic (exact) mass is 510 g/mol. The van der Waals surface area contributed by atoms with Crippen LogP contribution in [0.25, 0.3) is 0 Å². The molecule has 0 bridgehead atoms. The van der Waals surface area contributed by atoms with Crippen LogP contribution in [0.1, 0.15) is 24.9 Å². The minimum atomic E-state index is -2.92. The summed E-state index contributed by atoms with van der Waals surface area (Å²) in [5.74, 6) is 1.91.